The minimum Gasteiger partial charge on any atom is -0.318 e. The Balaban J connectivity index is 1.66. The molecule has 7 heteroatoms. The van der Waals surface area contributed by atoms with Crippen LogP contribution >= 0.6 is 23.2 Å². The van der Waals surface area contributed by atoms with Gasteiger partial charge in [-0.15, -0.1) is 0 Å². The van der Waals surface area contributed by atoms with E-state index in [0.717, 1.165) is 18.7 Å². The van der Waals surface area contributed by atoms with Crippen LogP contribution in [0.1, 0.15) is 21.7 Å². The average molecular weight is 399 g/mol. The van der Waals surface area contributed by atoms with Crippen LogP contribution in [-0.4, -0.2) is 22.4 Å². The third kappa shape index (κ3) is 3.48. The second-order valence-corrected chi connectivity index (χ2v) is 7.09. The molecule has 3 aromatic rings. The summed E-state index contributed by atoms with van der Waals surface area (Å²) in [6.07, 6.45) is 0.921. The fourth-order valence-corrected chi connectivity index (χ4v) is 3.62. The number of anilines is 3. The maximum Gasteiger partial charge on any atom is 0.274 e. The number of amides is 1. The van der Waals surface area contributed by atoms with Crippen molar-refractivity contribution < 1.29 is 4.79 Å². The van der Waals surface area contributed by atoms with Crippen molar-refractivity contribution in [3.8, 4) is 0 Å². The van der Waals surface area contributed by atoms with E-state index >= 15 is 0 Å². The Morgan fingerprint density at radius 2 is 1.81 bits per heavy atom. The molecule has 4 rings (SSSR count). The highest BCUT2D eigenvalue weighted by atomic mass is 35.5. The molecule has 2 aromatic carbocycles. The summed E-state index contributed by atoms with van der Waals surface area (Å²) in [7, 11) is 0. The second-order valence-electron chi connectivity index (χ2n) is 6.28. The maximum absolute atomic E-state index is 12.7. The number of nitrogens with one attached hydrogen (secondary N) is 1. The molecular formula is C20H16Cl2N4O. The van der Waals surface area contributed by atoms with E-state index in [4.69, 9.17) is 23.2 Å². The number of carbonyl (C=O) groups is 1. The van der Waals surface area contributed by atoms with Gasteiger partial charge < -0.3 is 10.2 Å². The fourth-order valence-electron chi connectivity index (χ4n) is 3.13. The molecule has 1 aromatic heterocycles. The fraction of sp³-hybridized carbons (Fsp3) is 0.150. The zero-order chi connectivity index (χ0) is 19.0. The Hall–Kier alpha value is -2.63. The Kier molecular flexibility index (Phi) is 4.72. The number of rotatable bonds is 3. The number of fused-ring (bicyclic) bond motifs is 1. The summed E-state index contributed by atoms with van der Waals surface area (Å²) in [6.45, 7) is 2.62. The minimum atomic E-state index is -0.385. The largest absolute Gasteiger partial charge is 0.318 e. The molecule has 0 aliphatic carbocycles. The van der Waals surface area contributed by atoms with Crippen molar-refractivity contribution in [1.29, 1.82) is 0 Å². The Morgan fingerprint density at radius 3 is 2.59 bits per heavy atom. The summed E-state index contributed by atoms with van der Waals surface area (Å²) in [6, 6.07) is 14.8. The van der Waals surface area contributed by atoms with Crippen LogP contribution in [-0.2, 0) is 6.42 Å². The molecule has 136 valence electrons. The first-order valence-corrected chi connectivity index (χ1v) is 9.25. The molecule has 0 atom stereocenters. The lowest BCUT2D eigenvalue weighted by molar-refractivity contribution is 0.102. The maximum atomic E-state index is 12.7. The molecule has 2 heterocycles. The summed E-state index contributed by atoms with van der Waals surface area (Å²) < 4.78 is 0. The average Bonchev–Trinajstić information content (AvgIpc) is 3.08. The second kappa shape index (κ2) is 7.18. The molecule has 0 spiro atoms. The molecule has 27 heavy (non-hydrogen) atoms. The van der Waals surface area contributed by atoms with Gasteiger partial charge in [0.2, 0.25) is 5.95 Å². The smallest absolute Gasteiger partial charge is 0.274 e. The lowest BCUT2D eigenvalue weighted by atomic mass is 10.2. The number of aromatic nitrogens is 2. The molecule has 1 aliphatic heterocycles. The molecule has 0 fully saturated rings. The van der Waals surface area contributed by atoms with E-state index in [2.05, 4.69) is 21.4 Å². The summed E-state index contributed by atoms with van der Waals surface area (Å²) in [4.78, 5) is 23.8. The van der Waals surface area contributed by atoms with Crippen LogP contribution < -0.4 is 10.2 Å². The predicted octanol–water partition coefficient (Wildman–Crippen LogP) is 5.04. The minimum absolute atomic E-state index is 0.262. The van der Waals surface area contributed by atoms with Crippen LogP contribution in [0.25, 0.3) is 0 Å². The molecule has 0 saturated carbocycles. The predicted molar refractivity (Wildman–Crippen MR) is 108 cm³/mol. The Morgan fingerprint density at radius 1 is 1.07 bits per heavy atom. The lowest BCUT2D eigenvalue weighted by Crippen LogP contribution is -2.21. The molecule has 0 unspecified atom stereocenters. The van der Waals surface area contributed by atoms with Crippen molar-refractivity contribution in [3.63, 3.8) is 0 Å². The van der Waals surface area contributed by atoms with Gasteiger partial charge in [0.15, 0.2) is 0 Å². The van der Waals surface area contributed by atoms with Crippen molar-refractivity contribution in [2.24, 2.45) is 0 Å². The van der Waals surface area contributed by atoms with Gasteiger partial charge >= 0.3 is 0 Å². The van der Waals surface area contributed by atoms with Crippen molar-refractivity contribution in [1.82, 2.24) is 9.97 Å². The number of benzene rings is 2. The summed E-state index contributed by atoms with van der Waals surface area (Å²) in [5.41, 5.74) is 3.66. The van der Waals surface area contributed by atoms with E-state index in [0.29, 0.717) is 27.4 Å². The number of hydrogen-bond donors (Lipinski definition) is 1. The summed E-state index contributed by atoms with van der Waals surface area (Å²) in [5, 5.41) is 3.49. The summed E-state index contributed by atoms with van der Waals surface area (Å²) in [5.74, 6) is 0.125. The molecule has 1 N–H and O–H groups in total. The number of aryl methyl sites for hydroxylation is 1. The first-order valence-electron chi connectivity index (χ1n) is 8.49. The van der Waals surface area contributed by atoms with Gasteiger partial charge in [-0.25, -0.2) is 9.97 Å². The molecule has 5 nitrogen and oxygen atoms in total. The quantitative estimate of drug-likeness (QED) is 0.671. The monoisotopic (exact) mass is 398 g/mol. The third-order valence-corrected chi connectivity index (χ3v) is 5.03. The van der Waals surface area contributed by atoms with Crippen molar-refractivity contribution in [2.75, 3.05) is 16.8 Å². The topological polar surface area (TPSA) is 58.1 Å². The molecule has 1 aliphatic rings. The first-order chi connectivity index (χ1) is 13.0. The number of hydrogen-bond acceptors (Lipinski definition) is 4. The highest BCUT2D eigenvalue weighted by molar-refractivity contribution is 6.40. The lowest BCUT2D eigenvalue weighted by Gasteiger charge is -2.18. The molecule has 0 bridgehead atoms. The van der Waals surface area contributed by atoms with E-state index < -0.39 is 0 Å². The van der Waals surface area contributed by atoms with Crippen molar-refractivity contribution >= 4 is 46.4 Å². The number of halogens is 2. The molecule has 0 saturated heterocycles. The van der Waals surface area contributed by atoms with Crippen LogP contribution in [0.4, 0.5) is 17.3 Å². The number of nitrogens with zero attached hydrogens (tertiary/aromatic N) is 3. The van der Waals surface area contributed by atoms with E-state index in [1.54, 1.807) is 24.3 Å². The van der Waals surface area contributed by atoms with Crippen molar-refractivity contribution in [3.05, 3.63) is 75.5 Å². The van der Waals surface area contributed by atoms with Crippen LogP contribution in [0.3, 0.4) is 0 Å². The van der Waals surface area contributed by atoms with E-state index in [1.165, 1.54) is 5.56 Å². The normalized spacial score (nSPS) is 12.8. The van der Waals surface area contributed by atoms with Gasteiger partial charge in [0.05, 0.1) is 15.7 Å². The van der Waals surface area contributed by atoms with Gasteiger partial charge in [-0.1, -0.05) is 47.5 Å². The number of para-hydroxylation sites is 2. The molecular weight excluding hydrogens is 383 g/mol. The van der Waals surface area contributed by atoms with Gasteiger partial charge in [0.25, 0.3) is 5.91 Å². The third-order valence-electron chi connectivity index (χ3n) is 4.40. The number of carbonyl (C=O) groups excluding carboxylic acids is 1. The van der Waals surface area contributed by atoms with Gasteiger partial charge in [0, 0.05) is 17.9 Å². The van der Waals surface area contributed by atoms with Gasteiger partial charge in [-0.3, -0.25) is 4.79 Å². The van der Waals surface area contributed by atoms with Crippen molar-refractivity contribution in [2.45, 2.75) is 13.3 Å². The van der Waals surface area contributed by atoms with E-state index in [9.17, 15) is 4.79 Å². The van der Waals surface area contributed by atoms with Gasteiger partial charge in [-0.05, 0) is 43.2 Å². The highest BCUT2D eigenvalue weighted by Gasteiger charge is 2.23. The Bertz CT molecular complexity index is 1020. The van der Waals surface area contributed by atoms with Crippen LogP contribution in [0.5, 0.6) is 0 Å². The van der Waals surface area contributed by atoms with Crippen LogP contribution in [0.2, 0.25) is 10.0 Å². The van der Waals surface area contributed by atoms with Crippen LogP contribution in [0.15, 0.2) is 48.5 Å². The van der Waals surface area contributed by atoms with Gasteiger partial charge in [0.1, 0.15) is 5.69 Å². The van der Waals surface area contributed by atoms with E-state index in [-0.39, 0.29) is 11.6 Å². The molecule has 1 amide bonds. The molecule has 0 radical (unpaired) electrons. The highest BCUT2D eigenvalue weighted by Crippen LogP contribution is 2.33. The van der Waals surface area contributed by atoms with Gasteiger partial charge in [-0.2, -0.15) is 0 Å². The zero-order valence-corrected chi connectivity index (χ0v) is 16.1. The summed E-state index contributed by atoms with van der Waals surface area (Å²) >= 11 is 12.3. The standard InChI is InChI=1S/C20H16Cl2N4O/c1-12-11-16(19(27)25-18-14(21)6-4-7-15(18)22)24-20(23-12)26-10-9-13-5-2-3-8-17(13)26/h2-8,11H,9-10H2,1H3,(H,25,27). The first kappa shape index (κ1) is 17.8. The van der Waals surface area contributed by atoms with Crippen LogP contribution in [0, 0.1) is 6.92 Å². The SMILES string of the molecule is Cc1cc(C(=O)Nc2c(Cl)cccc2Cl)nc(N2CCc3ccccc32)n1. The Labute approximate surface area is 167 Å². The van der Waals surface area contributed by atoms with E-state index in [1.807, 2.05) is 30.0 Å². The zero-order valence-electron chi connectivity index (χ0n) is 14.5.